The summed E-state index contributed by atoms with van der Waals surface area (Å²) in [7, 11) is 0. The Morgan fingerprint density at radius 3 is 3.14 bits per heavy atom. The first kappa shape index (κ1) is 9.66. The predicted molar refractivity (Wildman–Crippen MR) is 58.2 cm³/mol. The summed E-state index contributed by atoms with van der Waals surface area (Å²) in [6.45, 7) is 4.56. The van der Waals surface area contributed by atoms with Gasteiger partial charge >= 0.3 is 0 Å². The minimum atomic E-state index is 0.669. The summed E-state index contributed by atoms with van der Waals surface area (Å²) in [4.78, 5) is 4.47. The van der Waals surface area contributed by atoms with Crippen molar-refractivity contribution in [2.24, 2.45) is 5.92 Å². The van der Waals surface area contributed by atoms with Gasteiger partial charge in [0.15, 0.2) is 0 Å². The fourth-order valence-electron chi connectivity index (χ4n) is 2.34. The van der Waals surface area contributed by atoms with Gasteiger partial charge in [0.1, 0.15) is 0 Å². The number of piperidine rings is 1. The first-order valence-corrected chi connectivity index (χ1v) is 5.53. The second kappa shape index (κ2) is 4.56. The van der Waals surface area contributed by atoms with Gasteiger partial charge in [0.25, 0.3) is 0 Å². The van der Waals surface area contributed by atoms with Crippen molar-refractivity contribution < 1.29 is 0 Å². The van der Waals surface area contributed by atoms with Crippen LogP contribution in [0.3, 0.4) is 0 Å². The third kappa shape index (κ3) is 1.95. The van der Waals surface area contributed by atoms with Gasteiger partial charge < -0.3 is 5.32 Å². The van der Waals surface area contributed by atoms with Crippen LogP contribution in [0.15, 0.2) is 24.4 Å². The molecule has 2 atom stereocenters. The molecule has 2 unspecified atom stereocenters. The van der Waals surface area contributed by atoms with E-state index in [0.29, 0.717) is 5.92 Å². The van der Waals surface area contributed by atoms with E-state index in [-0.39, 0.29) is 0 Å². The number of hydrogen-bond acceptors (Lipinski definition) is 2. The third-order valence-electron chi connectivity index (χ3n) is 3.20. The zero-order valence-electron chi connectivity index (χ0n) is 8.74. The summed E-state index contributed by atoms with van der Waals surface area (Å²) in [6, 6.07) is 6.25. The number of pyridine rings is 1. The van der Waals surface area contributed by atoms with Gasteiger partial charge in [0.05, 0.1) is 0 Å². The van der Waals surface area contributed by atoms with E-state index in [4.69, 9.17) is 0 Å². The highest BCUT2D eigenvalue weighted by Crippen LogP contribution is 2.30. The molecule has 1 aliphatic heterocycles. The second-order valence-electron chi connectivity index (χ2n) is 4.02. The van der Waals surface area contributed by atoms with Crippen molar-refractivity contribution in [1.29, 1.82) is 0 Å². The Hall–Kier alpha value is -0.890. The van der Waals surface area contributed by atoms with Crippen molar-refractivity contribution in [3.63, 3.8) is 0 Å². The van der Waals surface area contributed by atoms with Gasteiger partial charge in [-0.2, -0.15) is 0 Å². The second-order valence-corrected chi connectivity index (χ2v) is 4.02. The Balaban J connectivity index is 2.15. The minimum Gasteiger partial charge on any atom is -0.316 e. The minimum absolute atomic E-state index is 0.669. The van der Waals surface area contributed by atoms with Crippen LogP contribution in [0.4, 0.5) is 0 Å². The van der Waals surface area contributed by atoms with Crippen LogP contribution in [0.2, 0.25) is 0 Å². The Bertz CT molecular complexity index is 271. The number of nitrogens with zero attached hydrogens (tertiary/aromatic N) is 1. The zero-order chi connectivity index (χ0) is 9.80. The van der Waals surface area contributed by atoms with Gasteiger partial charge in [-0.1, -0.05) is 19.4 Å². The molecule has 2 heteroatoms. The standard InChI is InChI=1S/C12H18N2/c1-2-10-9-13-8-6-11(10)12-5-3-4-7-14-12/h3-5,7,10-11,13H,2,6,8-9H2,1H3. The summed E-state index contributed by atoms with van der Waals surface area (Å²) in [6.07, 6.45) is 4.38. The maximum atomic E-state index is 4.47. The fraction of sp³-hybridized carbons (Fsp3) is 0.583. The highest BCUT2D eigenvalue weighted by molar-refractivity contribution is 5.11. The highest BCUT2D eigenvalue weighted by atomic mass is 14.9. The normalized spacial score (nSPS) is 27.5. The predicted octanol–water partition coefficient (Wildman–Crippen LogP) is 2.18. The van der Waals surface area contributed by atoms with Crippen molar-refractivity contribution in [2.45, 2.75) is 25.7 Å². The lowest BCUT2D eigenvalue weighted by molar-refractivity contribution is 0.313. The Kier molecular flexibility index (Phi) is 3.14. The van der Waals surface area contributed by atoms with Crippen molar-refractivity contribution >= 4 is 0 Å². The van der Waals surface area contributed by atoms with E-state index in [0.717, 1.165) is 19.0 Å². The lowest BCUT2D eigenvalue weighted by Crippen LogP contribution is -2.35. The molecule has 1 N–H and O–H groups in total. The molecule has 1 aromatic rings. The average Bonchev–Trinajstić information content (AvgIpc) is 2.30. The monoisotopic (exact) mass is 190 g/mol. The van der Waals surface area contributed by atoms with E-state index in [1.807, 2.05) is 12.3 Å². The van der Waals surface area contributed by atoms with Crippen LogP contribution in [0.1, 0.15) is 31.4 Å². The largest absolute Gasteiger partial charge is 0.316 e. The van der Waals surface area contributed by atoms with E-state index in [2.05, 4.69) is 29.4 Å². The van der Waals surface area contributed by atoms with Gasteiger partial charge in [-0.25, -0.2) is 0 Å². The van der Waals surface area contributed by atoms with Crippen LogP contribution in [0.5, 0.6) is 0 Å². The number of nitrogens with one attached hydrogen (secondary N) is 1. The summed E-state index contributed by atoms with van der Waals surface area (Å²) < 4.78 is 0. The molecule has 0 amide bonds. The molecule has 1 aliphatic rings. The fourth-order valence-corrected chi connectivity index (χ4v) is 2.34. The van der Waals surface area contributed by atoms with E-state index in [9.17, 15) is 0 Å². The molecular weight excluding hydrogens is 172 g/mol. The smallest absolute Gasteiger partial charge is 0.0438 e. The first-order valence-electron chi connectivity index (χ1n) is 5.53. The molecule has 2 nitrogen and oxygen atoms in total. The Labute approximate surface area is 85.7 Å². The summed E-state index contributed by atoms with van der Waals surface area (Å²) in [5, 5.41) is 3.46. The van der Waals surface area contributed by atoms with Crippen LogP contribution in [0.25, 0.3) is 0 Å². The molecule has 0 saturated carbocycles. The molecule has 0 aliphatic carbocycles. The Morgan fingerprint density at radius 1 is 1.50 bits per heavy atom. The number of rotatable bonds is 2. The first-order chi connectivity index (χ1) is 6.92. The zero-order valence-corrected chi connectivity index (χ0v) is 8.74. The number of hydrogen-bond donors (Lipinski definition) is 1. The molecular formula is C12H18N2. The van der Waals surface area contributed by atoms with Gasteiger partial charge in [-0.3, -0.25) is 4.98 Å². The van der Waals surface area contributed by atoms with Gasteiger partial charge in [0, 0.05) is 17.8 Å². The van der Waals surface area contributed by atoms with Crippen LogP contribution in [-0.4, -0.2) is 18.1 Å². The number of aromatic nitrogens is 1. The molecule has 2 heterocycles. The molecule has 0 aromatic carbocycles. The van der Waals surface area contributed by atoms with Crippen molar-refractivity contribution in [3.8, 4) is 0 Å². The molecule has 0 radical (unpaired) electrons. The van der Waals surface area contributed by atoms with Gasteiger partial charge in [-0.05, 0) is 37.6 Å². The van der Waals surface area contributed by atoms with E-state index in [1.54, 1.807) is 0 Å². The quantitative estimate of drug-likeness (QED) is 0.773. The van der Waals surface area contributed by atoms with E-state index in [1.165, 1.54) is 18.5 Å². The van der Waals surface area contributed by atoms with Crippen LogP contribution >= 0.6 is 0 Å². The summed E-state index contributed by atoms with van der Waals surface area (Å²) >= 11 is 0. The van der Waals surface area contributed by atoms with E-state index >= 15 is 0 Å². The maximum Gasteiger partial charge on any atom is 0.0438 e. The summed E-state index contributed by atoms with van der Waals surface area (Å²) in [5.41, 5.74) is 1.28. The van der Waals surface area contributed by atoms with Gasteiger partial charge in [-0.15, -0.1) is 0 Å². The van der Waals surface area contributed by atoms with E-state index < -0.39 is 0 Å². The third-order valence-corrected chi connectivity index (χ3v) is 3.20. The van der Waals surface area contributed by atoms with Crippen LogP contribution in [0, 0.1) is 5.92 Å². The van der Waals surface area contributed by atoms with Crippen LogP contribution < -0.4 is 5.32 Å². The molecule has 2 rings (SSSR count). The lowest BCUT2D eigenvalue weighted by Gasteiger charge is -2.31. The molecule has 0 spiro atoms. The molecule has 1 fully saturated rings. The average molecular weight is 190 g/mol. The van der Waals surface area contributed by atoms with Crippen molar-refractivity contribution in [1.82, 2.24) is 10.3 Å². The van der Waals surface area contributed by atoms with Crippen molar-refractivity contribution in [2.75, 3.05) is 13.1 Å². The molecule has 1 saturated heterocycles. The van der Waals surface area contributed by atoms with Crippen LogP contribution in [-0.2, 0) is 0 Å². The molecule has 76 valence electrons. The molecule has 14 heavy (non-hydrogen) atoms. The molecule has 1 aromatic heterocycles. The Morgan fingerprint density at radius 2 is 2.43 bits per heavy atom. The maximum absolute atomic E-state index is 4.47. The topological polar surface area (TPSA) is 24.9 Å². The molecule has 0 bridgehead atoms. The SMILES string of the molecule is CCC1CNCCC1c1ccccn1. The summed E-state index contributed by atoms with van der Waals surface area (Å²) in [5.74, 6) is 1.43. The highest BCUT2D eigenvalue weighted by Gasteiger charge is 2.25. The van der Waals surface area contributed by atoms with Crippen molar-refractivity contribution in [3.05, 3.63) is 30.1 Å². The lowest BCUT2D eigenvalue weighted by atomic mass is 9.82. The van der Waals surface area contributed by atoms with Gasteiger partial charge in [0.2, 0.25) is 0 Å².